The maximum absolute atomic E-state index is 12.1. The lowest BCUT2D eigenvalue weighted by Crippen LogP contribution is -2.55. The molecule has 21 heavy (non-hydrogen) atoms. The van der Waals surface area contributed by atoms with Crippen LogP contribution in [0.5, 0.6) is 0 Å². The standard InChI is InChI=1S/C11H13ClN4O5/c1-15(11(9(17)20-2)3-4-21-6-11)8-7(16(18)19)5-13-10(12)14-8/h5H,3-4,6H2,1-2H3. The molecule has 0 amide bonds. The average molecular weight is 317 g/mol. The molecular formula is C11H13ClN4O5. The molecule has 1 unspecified atom stereocenters. The van der Waals surface area contributed by atoms with Crippen LogP contribution in [0, 0.1) is 10.1 Å². The molecule has 9 nitrogen and oxygen atoms in total. The van der Waals surface area contributed by atoms with Crippen LogP contribution in [0.2, 0.25) is 5.28 Å². The van der Waals surface area contributed by atoms with Gasteiger partial charge in [0.15, 0.2) is 5.54 Å². The van der Waals surface area contributed by atoms with Crippen molar-refractivity contribution in [3.05, 3.63) is 21.6 Å². The molecule has 1 atom stereocenters. The van der Waals surface area contributed by atoms with Crippen LogP contribution in [0.1, 0.15) is 6.42 Å². The molecule has 114 valence electrons. The molecule has 0 spiro atoms. The number of carbonyl (C=O) groups is 1. The van der Waals surface area contributed by atoms with Gasteiger partial charge < -0.3 is 14.4 Å². The van der Waals surface area contributed by atoms with Crippen molar-refractivity contribution in [3.63, 3.8) is 0 Å². The maximum atomic E-state index is 12.1. The number of esters is 1. The summed E-state index contributed by atoms with van der Waals surface area (Å²) in [4.78, 5) is 31.4. The zero-order chi connectivity index (χ0) is 15.6. The summed E-state index contributed by atoms with van der Waals surface area (Å²) in [5.41, 5.74) is -1.52. The summed E-state index contributed by atoms with van der Waals surface area (Å²) in [5, 5.41) is 11.0. The molecule has 2 heterocycles. The van der Waals surface area contributed by atoms with Crippen molar-refractivity contribution >= 4 is 29.1 Å². The molecule has 1 aromatic rings. The first-order valence-electron chi connectivity index (χ1n) is 5.99. The van der Waals surface area contributed by atoms with E-state index in [0.29, 0.717) is 13.0 Å². The van der Waals surface area contributed by atoms with E-state index >= 15 is 0 Å². The van der Waals surface area contributed by atoms with E-state index in [4.69, 9.17) is 21.1 Å². The van der Waals surface area contributed by atoms with Gasteiger partial charge in [-0.15, -0.1) is 0 Å². The Morgan fingerprint density at radius 1 is 1.67 bits per heavy atom. The quantitative estimate of drug-likeness (QED) is 0.347. The van der Waals surface area contributed by atoms with E-state index < -0.39 is 16.4 Å². The second-order valence-corrected chi connectivity index (χ2v) is 4.83. The third-order valence-electron chi connectivity index (χ3n) is 3.44. The smallest absolute Gasteiger partial charge is 0.334 e. The van der Waals surface area contributed by atoms with Gasteiger partial charge in [0, 0.05) is 20.1 Å². The first-order chi connectivity index (χ1) is 9.92. The first kappa shape index (κ1) is 15.4. The lowest BCUT2D eigenvalue weighted by molar-refractivity contribution is -0.384. The second-order valence-electron chi connectivity index (χ2n) is 4.49. The molecule has 10 heteroatoms. The van der Waals surface area contributed by atoms with Crippen molar-refractivity contribution < 1.29 is 19.2 Å². The summed E-state index contributed by atoms with van der Waals surface area (Å²) in [7, 11) is 2.76. The summed E-state index contributed by atoms with van der Waals surface area (Å²) in [6.45, 7) is 0.390. The molecule has 1 fully saturated rings. The van der Waals surface area contributed by atoms with E-state index in [9.17, 15) is 14.9 Å². The Morgan fingerprint density at radius 2 is 2.38 bits per heavy atom. The number of rotatable bonds is 4. The first-order valence-corrected chi connectivity index (χ1v) is 6.37. The molecule has 1 aliphatic rings. The molecule has 0 bridgehead atoms. The molecule has 0 saturated carbocycles. The number of nitro groups is 1. The molecular weight excluding hydrogens is 304 g/mol. The summed E-state index contributed by atoms with van der Waals surface area (Å²) in [6, 6.07) is 0. The van der Waals surface area contributed by atoms with Crippen molar-refractivity contribution in [2.45, 2.75) is 12.0 Å². The van der Waals surface area contributed by atoms with E-state index in [1.165, 1.54) is 19.1 Å². The van der Waals surface area contributed by atoms with Crippen LogP contribution in [0.3, 0.4) is 0 Å². The predicted octanol–water partition coefficient (Wildman–Crippen LogP) is 0.806. The van der Waals surface area contributed by atoms with Crippen LogP contribution in [0.15, 0.2) is 6.20 Å². The minimum Gasteiger partial charge on any atom is -0.467 e. The number of hydrogen-bond donors (Lipinski definition) is 0. The Bertz CT molecular complexity index is 576. The number of ether oxygens (including phenoxy) is 2. The monoisotopic (exact) mass is 316 g/mol. The van der Waals surface area contributed by atoms with Gasteiger partial charge in [-0.25, -0.2) is 9.78 Å². The van der Waals surface area contributed by atoms with Crippen LogP contribution in [0.4, 0.5) is 11.5 Å². The molecule has 0 N–H and O–H groups in total. The summed E-state index contributed by atoms with van der Waals surface area (Å²) >= 11 is 5.71. The number of methoxy groups -OCH3 is 1. The SMILES string of the molecule is COC(=O)C1(N(C)c2nc(Cl)ncc2[N+](=O)[O-])CCOC1. The van der Waals surface area contributed by atoms with Crippen molar-refractivity contribution in [2.75, 3.05) is 32.3 Å². The Morgan fingerprint density at radius 3 is 2.90 bits per heavy atom. The fourth-order valence-corrected chi connectivity index (χ4v) is 2.36. The number of halogens is 1. The highest BCUT2D eigenvalue weighted by atomic mass is 35.5. The highest BCUT2D eigenvalue weighted by Gasteiger charge is 2.49. The van der Waals surface area contributed by atoms with Gasteiger partial charge in [-0.1, -0.05) is 0 Å². The van der Waals surface area contributed by atoms with Crippen molar-refractivity contribution in [3.8, 4) is 0 Å². The lowest BCUT2D eigenvalue weighted by Gasteiger charge is -2.34. The van der Waals surface area contributed by atoms with E-state index in [0.717, 1.165) is 6.20 Å². The zero-order valence-corrected chi connectivity index (χ0v) is 12.2. The van der Waals surface area contributed by atoms with Crippen molar-refractivity contribution in [2.24, 2.45) is 0 Å². The number of nitrogens with zero attached hydrogens (tertiary/aromatic N) is 4. The molecule has 0 radical (unpaired) electrons. The van der Waals surface area contributed by atoms with E-state index in [1.54, 1.807) is 0 Å². The molecule has 0 aliphatic carbocycles. The van der Waals surface area contributed by atoms with Crippen LogP contribution in [0.25, 0.3) is 0 Å². The predicted molar refractivity (Wildman–Crippen MR) is 72.3 cm³/mol. The molecule has 0 aromatic carbocycles. The van der Waals surface area contributed by atoms with Gasteiger partial charge in [0.2, 0.25) is 11.1 Å². The van der Waals surface area contributed by atoms with Gasteiger partial charge in [-0.05, 0) is 11.6 Å². The minimum absolute atomic E-state index is 0.0505. The largest absolute Gasteiger partial charge is 0.467 e. The molecule has 1 aromatic heterocycles. The Kier molecular flexibility index (Phi) is 4.24. The number of hydrogen-bond acceptors (Lipinski definition) is 8. The number of carbonyl (C=O) groups excluding carboxylic acids is 1. The summed E-state index contributed by atoms with van der Waals surface area (Å²) < 4.78 is 10.1. The minimum atomic E-state index is -1.17. The third kappa shape index (κ3) is 2.61. The third-order valence-corrected chi connectivity index (χ3v) is 3.63. The fourth-order valence-electron chi connectivity index (χ4n) is 2.23. The van der Waals surface area contributed by atoms with Crippen molar-refractivity contribution in [1.82, 2.24) is 9.97 Å². The molecule has 1 aliphatic heterocycles. The maximum Gasteiger partial charge on any atom is 0.334 e. The second kappa shape index (κ2) is 5.78. The topological polar surface area (TPSA) is 108 Å². The van der Waals surface area contributed by atoms with Crippen molar-refractivity contribution in [1.29, 1.82) is 0 Å². The summed E-state index contributed by atoms with van der Waals surface area (Å²) in [6.07, 6.45) is 1.33. The van der Waals surface area contributed by atoms with Crippen LogP contribution < -0.4 is 4.90 Å². The Hall–Kier alpha value is -2.00. The highest BCUT2D eigenvalue weighted by Crippen LogP contribution is 2.35. The van der Waals surface area contributed by atoms with Crippen LogP contribution in [-0.4, -0.2) is 53.8 Å². The van der Waals surface area contributed by atoms with E-state index in [-0.39, 0.29) is 23.4 Å². The lowest BCUT2D eigenvalue weighted by atomic mass is 9.96. The van der Waals surface area contributed by atoms with Gasteiger partial charge in [0.25, 0.3) is 0 Å². The number of likely N-dealkylation sites (N-methyl/N-ethyl adjacent to an activating group) is 1. The zero-order valence-electron chi connectivity index (χ0n) is 11.4. The van der Waals surface area contributed by atoms with Crippen LogP contribution in [-0.2, 0) is 14.3 Å². The Labute approximate surface area is 125 Å². The Balaban J connectivity index is 2.51. The number of aromatic nitrogens is 2. The van der Waals surface area contributed by atoms with Gasteiger partial charge in [0.1, 0.15) is 6.20 Å². The fraction of sp³-hybridized carbons (Fsp3) is 0.545. The van der Waals surface area contributed by atoms with Crippen LogP contribution >= 0.6 is 11.6 Å². The van der Waals surface area contributed by atoms with E-state index in [1.807, 2.05) is 0 Å². The highest BCUT2D eigenvalue weighted by molar-refractivity contribution is 6.28. The van der Waals surface area contributed by atoms with Gasteiger partial charge in [-0.3, -0.25) is 10.1 Å². The number of anilines is 1. The van der Waals surface area contributed by atoms with Gasteiger partial charge >= 0.3 is 11.7 Å². The molecule has 2 rings (SSSR count). The van der Waals surface area contributed by atoms with Gasteiger partial charge in [0.05, 0.1) is 18.6 Å². The average Bonchev–Trinajstić information content (AvgIpc) is 2.95. The van der Waals surface area contributed by atoms with Gasteiger partial charge in [-0.2, -0.15) is 4.98 Å². The summed E-state index contributed by atoms with van der Waals surface area (Å²) in [5.74, 6) is -0.609. The molecule has 1 saturated heterocycles. The normalized spacial score (nSPS) is 21.1. The van der Waals surface area contributed by atoms with E-state index in [2.05, 4.69) is 9.97 Å².